The van der Waals surface area contributed by atoms with Crippen LogP contribution in [0.15, 0.2) is 58.0 Å². The predicted octanol–water partition coefficient (Wildman–Crippen LogP) is 3.41. The Balaban J connectivity index is 1.72. The zero-order valence-electron chi connectivity index (χ0n) is 12.1. The molecule has 114 valence electrons. The van der Waals surface area contributed by atoms with Gasteiger partial charge in [0.2, 0.25) is 0 Å². The summed E-state index contributed by atoms with van der Waals surface area (Å²) in [6, 6.07) is 11.7. The predicted molar refractivity (Wildman–Crippen MR) is 89.0 cm³/mol. The Labute approximate surface area is 140 Å². The average molecular weight is 341 g/mol. The van der Waals surface area contributed by atoms with E-state index < -0.39 is 0 Å². The lowest BCUT2D eigenvalue weighted by atomic mass is 10.3. The first-order chi connectivity index (χ1) is 11.3. The highest BCUT2D eigenvalue weighted by molar-refractivity contribution is 7.99. The number of nitrogens with zero attached hydrogens (tertiary/aromatic N) is 5. The lowest BCUT2D eigenvalue weighted by Gasteiger charge is -2.04. The molecule has 23 heavy (non-hydrogen) atoms. The second-order valence-electron chi connectivity index (χ2n) is 4.61. The van der Waals surface area contributed by atoms with E-state index in [0.717, 1.165) is 20.5 Å². The van der Waals surface area contributed by atoms with Crippen molar-refractivity contribution in [3.05, 3.63) is 48.1 Å². The Hall–Kier alpha value is -2.45. The molecule has 6 nitrogen and oxygen atoms in total. The Morgan fingerprint density at radius 2 is 2.13 bits per heavy atom. The summed E-state index contributed by atoms with van der Waals surface area (Å²) in [6.45, 7) is 0. The zero-order valence-corrected chi connectivity index (χ0v) is 13.7. The van der Waals surface area contributed by atoms with Crippen LogP contribution in [0.25, 0.3) is 16.3 Å². The summed E-state index contributed by atoms with van der Waals surface area (Å²) in [4.78, 5) is 6.08. The van der Waals surface area contributed by atoms with E-state index in [1.807, 2.05) is 36.4 Å². The number of aromatic nitrogens is 5. The molecule has 0 bridgehead atoms. The first-order valence-corrected chi connectivity index (χ1v) is 8.46. The van der Waals surface area contributed by atoms with Crippen molar-refractivity contribution in [1.82, 2.24) is 24.8 Å². The minimum atomic E-state index is 0.704. The Morgan fingerprint density at radius 1 is 1.17 bits per heavy atom. The van der Waals surface area contributed by atoms with Crippen LogP contribution in [-0.2, 0) is 0 Å². The van der Waals surface area contributed by atoms with Gasteiger partial charge in [-0.3, -0.25) is 4.98 Å². The van der Waals surface area contributed by atoms with Gasteiger partial charge < -0.3 is 4.74 Å². The highest BCUT2D eigenvalue weighted by atomic mass is 32.2. The highest BCUT2D eigenvalue weighted by Gasteiger charge is 2.11. The molecule has 0 spiro atoms. The van der Waals surface area contributed by atoms with Crippen molar-refractivity contribution in [2.45, 2.75) is 9.92 Å². The number of benzene rings is 1. The third-order valence-electron chi connectivity index (χ3n) is 3.15. The molecule has 3 heterocycles. The molecule has 8 heteroatoms. The number of methoxy groups -OCH3 is 1. The van der Waals surface area contributed by atoms with Crippen LogP contribution in [0.2, 0.25) is 0 Å². The molecule has 0 aliphatic rings. The van der Waals surface area contributed by atoms with Crippen LogP contribution in [0.5, 0.6) is 5.75 Å². The van der Waals surface area contributed by atoms with Gasteiger partial charge in [-0.05, 0) is 30.3 Å². The van der Waals surface area contributed by atoms with Crippen molar-refractivity contribution in [3.8, 4) is 16.5 Å². The SMILES string of the molecule is COc1cccc(Sc2ccc3nnc(-c4cncs4)n3n2)c1. The molecule has 0 aliphatic carbocycles. The van der Waals surface area contributed by atoms with E-state index in [1.165, 1.54) is 11.3 Å². The van der Waals surface area contributed by atoms with E-state index in [0.29, 0.717) is 11.5 Å². The maximum Gasteiger partial charge on any atom is 0.196 e. The van der Waals surface area contributed by atoms with Gasteiger partial charge in [-0.25, -0.2) is 0 Å². The molecule has 0 unspecified atom stereocenters. The molecule has 1 aromatic carbocycles. The molecule has 3 aromatic heterocycles. The third kappa shape index (κ3) is 2.78. The van der Waals surface area contributed by atoms with Crippen LogP contribution in [0, 0.1) is 0 Å². The molecule has 0 saturated carbocycles. The Bertz CT molecular complexity index is 952. The first-order valence-electron chi connectivity index (χ1n) is 6.77. The first kappa shape index (κ1) is 14.2. The fourth-order valence-corrected chi connectivity index (χ4v) is 3.50. The Morgan fingerprint density at radius 3 is 2.96 bits per heavy atom. The molecule has 0 radical (unpaired) electrons. The van der Waals surface area contributed by atoms with Crippen LogP contribution in [0.4, 0.5) is 0 Å². The second-order valence-corrected chi connectivity index (χ2v) is 6.59. The van der Waals surface area contributed by atoms with Gasteiger partial charge in [-0.2, -0.15) is 9.61 Å². The number of rotatable bonds is 4. The zero-order chi connectivity index (χ0) is 15.6. The molecular formula is C15H11N5OS2. The molecule has 4 aromatic rings. The van der Waals surface area contributed by atoms with Gasteiger partial charge in [-0.1, -0.05) is 17.8 Å². The highest BCUT2D eigenvalue weighted by Crippen LogP contribution is 2.29. The maximum atomic E-state index is 5.25. The van der Waals surface area contributed by atoms with E-state index in [1.54, 1.807) is 35.1 Å². The Kier molecular flexibility index (Phi) is 3.68. The summed E-state index contributed by atoms with van der Waals surface area (Å²) in [6.07, 6.45) is 1.77. The number of hydrogen-bond acceptors (Lipinski definition) is 7. The summed E-state index contributed by atoms with van der Waals surface area (Å²) in [5, 5.41) is 13.8. The van der Waals surface area contributed by atoms with Crippen molar-refractivity contribution >= 4 is 28.7 Å². The van der Waals surface area contributed by atoms with Crippen molar-refractivity contribution in [2.24, 2.45) is 0 Å². The summed E-state index contributed by atoms with van der Waals surface area (Å²) in [7, 11) is 1.66. The van der Waals surface area contributed by atoms with Crippen LogP contribution < -0.4 is 4.74 Å². The van der Waals surface area contributed by atoms with Crippen LogP contribution in [0.1, 0.15) is 0 Å². The van der Waals surface area contributed by atoms with Gasteiger partial charge in [0.05, 0.1) is 17.5 Å². The molecule has 0 atom stereocenters. The fraction of sp³-hybridized carbons (Fsp3) is 0.0667. The molecule has 0 saturated heterocycles. The quantitative estimate of drug-likeness (QED) is 0.567. The molecular weight excluding hydrogens is 330 g/mol. The smallest absolute Gasteiger partial charge is 0.196 e. The summed E-state index contributed by atoms with van der Waals surface area (Å²) < 4.78 is 7.00. The van der Waals surface area contributed by atoms with E-state index >= 15 is 0 Å². The van der Waals surface area contributed by atoms with Crippen LogP contribution in [-0.4, -0.2) is 31.9 Å². The van der Waals surface area contributed by atoms with E-state index in [9.17, 15) is 0 Å². The van der Waals surface area contributed by atoms with Gasteiger partial charge in [0.15, 0.2) is 11.5 Å². The van der Waals surface area contributed by atoms with Crippen molar-refractivity contribution in [3.63, 3.8) is 0 Å². The van der Waals surface area contributed by atoms with E-state index in [2.05, 4.69) is 20.3 Å². The average Bonchev–Trinajstić information content (AvgIpc) is 3.23. The largest absolute Gasteiger partial charge is 0.497 e. The number of fused-ring (bicyclic) bond motifs is 1. The molecule has 0 amide bonds. The van der Waals surface area contributed by atoms with Gasteiger partial charge in [0.25, 0.3) is 0 Å². The van der Waals surface area contributed by atoms with Gasteiger partial charge in [-0.15, -0.1) is 21.5 Å². The lowest BCUT2D eigenvalue weighted by Crippen LogP contribution is -1.95. The summed E-state index contributed by atoms with van der Waals surface area (Å²) in [5.41, 5.74) is 2.48. The molecule has 4 rings (SSSR count). The van der Waals surface area contributed by atoms with Crippen molar-refractivity contribution in [2.75, 3.05) is 7.11 Å². The topological polar surface area (TPSA) is 65.2 Å². The van der Waals surface area contributed by atoms with Crippen LogP contribution >= 0.6 is 23.1 Å². The van der Waals surface area contributed by atoms with Gasteiger partial charge in [0, 0.05) is 11.1 Å². The fourth-order valence-electron chi connectivity index (χ4n) is 2.09. The number of hydrogen-bond donors (Lipinski definition) is 0. The number of ether oxygens (including phenoxy) is 1. The van der Waals surface area contributed by atoms with Crippen molar-refractivity contribution in [1.29, 1.82) is 0 Å². The van der Waals surface area contributed by atoms with E-state index in [4.69, 9.17) is 4.74 Å². The van der Waals surface area contributed by atoms with Crippen molar-refractivity contribution < 1.29 is 4.74 Å². The third-order valence-corrected chi connectivity index (χ3v) is 4.84. The molecule has 0 fully saturated rings. The molecule has 0 aliphatic heterocycles. The minimum absolute atomic E-state index is 0.704. The minimum Gasteiger partial charge on any atom is -0.497 e. The second kappa shape index (κ2) is 5.98. The van der Waals surface area contributed by atoms with Crippen LogP contribution in [0.3, 0.4) is 0 Å². The normalized spacial score (nSPS) is 11.0. The summed E-state index contributed by atoms with van der Waals surface area (Å²) >= 11 is 3.07. The van der Waals surface area contributed by atoms with Gasteiger partial charge >= 0.3 is 0 Å². The monoisotopic (exact) mass is 341 g/mol. The summed E-state index contributed by atoms with van der Waals surface area (Å²) in [5.74, 6) is 1.53. The number of thiazole rings is 1. The lowest BCUT2D eigenvalue weighted by molar-refractivity contribution is 0.413. The van der Waals surface area contributed by atoms with E-state index in [-0.39, 0.29) is 0 Å². The molecule has 0 N–H and O–H groups in total. The standard InChI is InChI=1S/C15H11N5OS2/c1-21-10-3-2-4-11(7-10)23-14-6-5-13-17-18-15(20(13)19-14)12-8-16-9-22-12/h2-9H,1H3. The maximum absolute atomic E-state index is 5.25. The van der Waals surface area contributed by atoms with Gasteiger partial charge in [0.1, 0.15) is 10.8 Å².